The van der Waals surface area contributed by atoms with E-state index < -0.39 is 0 Å². The molecule has 0 aliphatic heterocycles. The number of rotatable bonds is 9. The van der Waals surface area contributed by atoms with Gasteiger partial charge < -0.3 is 0 Å². The molecule has 0 saturated heterocycles. The second kappa shape index (κ2) is 13.6. The molecule has 0 aromatic heterocycles. The first-order chi connectivity index (χ1) is 19.1. The zero-order valence-corrected chi connectivity index (χ0v) is 24.1. The molecule has 3 aromatic rings. The molecule has 0 N–H and O–H groups in total. The van der Waals surface area contributed by atoms with Crippen LogP contribution in [0.15, 0.2) is 72.8 Å². The number of halogens is 1. The number of benzene rings is 3. The Morgan fingerprint density at radius 2 is 1.33 bits per heavy atom. The van der Waals surface area contributed by atoms with E-state index in [0.29, 0.717) is 23.3 Å². The van der Waals surface area contributed by atoms with Crippen molar-refractivity contribution < 1.29 is 4.39 Å². The highest BCUT2D eigenvalue weighted by molar-refractivity contribution is 5.70. The van der Waals surface area contributed by atoms with Gasteiger partial charge in [0.25, 0.3) is 0 Å². The Balaban J connectivity index is 1.11. The minimum Gasteiger partial charge on any atom is -0.206 e. The molecular formula is C38H47F. The molecule has 0 bridgehead atoms. The molecule has 0 heterocycles. The van der Waals surface area contributed by atoms with Crippen molar-refractivity contribution in [1.82, 2.24) is 0 Å². The normalized spacial score (nSPS) is 24.6. The molecular weight excluding hydrogens is 475 g/mol. The Bertz CT molecular complexity index is 1180. The van der Waals surface area contributed by atoms with Crippen LogP contribution in [0.5, 0.6) is 0 Å². The van der Waals surface area contributed by atoms with E-state index in [4.69, 9.17) is 0 Å². The van der Waals surface area contributed by atoms with Crippen LogP contribution in [0.4, 0.5) is 4.39 Å². The SMILES string of the molecule is CCCC1CCC(c2ccc(C=Cc3ccc(C4CCC(C[C@@H](C)c5ccccc5)CC4)cc3)c(F)c2)CC1. The third kappa shape index (κ3) is 7.50. The Hall–Kier alpha value is -2.67. The molecule has 2 saturated carbocycles. The van der Waals surface area contributed by atoms with Gasteiger partial charge in [0.2, 0.25) is 0 Å². The summed E-state index contributed by atoms with van der Waals surface area (Å²) in [6, 6.07) is 25.9. The molecule has 2 aliphatic carbocycles. The van der Waals surface area contributed by atoms with Crippen LogP contribution in [0.25, 0.3) is 12.2 Å². The van der Waals surface area contributed by atoms with Gasteiger partial charge >= 0.3 is 0 Å². The van der Waals surface area contributed by atoms with Crippen LogP contribution >= 0.6 is 0 Å². The van der Waals surface area contributed by atoms with E-state index in [1.54, 1.807) is 6.07 Å². The van der Waals surface area contributed by atoms with Crippen LogP contribution in [0.3, 0.4) is 0 Å². The number of hydrogen-bond donors (Lipinski definition) is 0. The van der Waals surface area contributed by atoms with E-state index in [1.165, 1.54) is 87.3 Å². The van der Waals surface area contributed by atoms with E-state index in [9.17, 15) is 4.39 Å². The van der Waals surface area contributed by atoms with E-state index >= 15 is 0 Å². The van der Waals surface area contributed by atoms with Gasteiger partial charge in [0.15, 0.2) is 0 Å². The summed E-state index contributed by atoms with van der Waals surface area (Å²) in [5, 5.41) is 0. The summed E-state index contributed by atoms with van der Waals surface area (Å²) in [7, 11) is 0. The average molecular weight is 523 g/mol. The van der Waals surface area contributed by atoms with Gasteiger partial charge in [-0.2, -0.15) is 0 Å². The third-order valence-corrected chi connectivity index (χ3v) is 9.81. The van der Waals surface area contributed by atoms with E-state index in [1.807, 2.05) is 12.1 Å². The fourth-order valence-corrected chi connectivity index (χ4v) is 7.34. The predicted molar refractivity (Wildman–Crippen MR) is 166 cm³/mol. The highest BCUT2D eigenvalue weighted by Gasteiger charge is 2.24. The molecule has 39 heavy (non-hydrogen) atoms. The highest BCUT2D eigenvalue weighted by Crippen LogP contribution is 2.40. The maximum Gasteiger partial charge on any atom is 0.130 e. The van der Waals surface area contributed by atoms with Gasteiger partial charge in [0.1, 0.15) is 5.82 Å². The van der Waals surface area contributed by atoms with Crippen LogP contribution in [-0.4, -0.2) is 0 Å². The predicted octanol–water partition coefficient (Wildman–Crippen LogP) is 11.5. The maximum absolute atomic E-state index is 15.0. The van der Waals surface area contributed by atoms with Crippen LogP contribution in [-0.2, 0) is 0 Å². The van der Waals surface area contributed by atoms with Gasteiger partial charge in [-0.05, 0) is 116 Å². The van der Waals surface area contributed by atoms with Gasteiger partial charge in [0.05, 0.1) is 0 Å². The van der Waals surface area contributed by atoms with Crippen molar-refractivity contribution in [2.45, 2.75) is 102 Å². The Morgan fingerprint density at radius 1 is 0.718 bits per heavy atom. The summed E-state index contributed by atoms with van der Waals surface area (Å²) < 4.78 is 15.0. The largest absolute Gasteiger partial charge is 0.206 e. The maximum atomic E-state index is 15.0. The standard InChI is InChI=1S/C38H47F/c1-3-7-29-10-19-35(20-11-29)37-25-24-36(38(39)27-37)23-14-30-12-17-33(18-13-30)34-21-15-31(16-22-34)26-28(2)32-8-5-4-6-9-32/h4-6,8-9,12-14,17-18,23-25,27-29,31,34-35H,3,7,10-11,15-16,19-22,26H2,1-2H3/t28-,29?,31?,34?,35?/m1/s1. The molecule has 0 amide bonds. The van der Waals surface area contributed by atoms with Crippen molar-refractivity contribution >= 4 is 12.2 Å². The lowest BCUT2D eigenvalue weighted by Gasteiger charge is -2.30. The summed E-state index contributed by atoms with van der Waals surface area (Å²) >= 11 is 0. The molecule has 1 atom stereocenters. The molecule has 0 radical (unpaired) electrons. The molecule has 2 fully saturated rings. The van der Waals surface area contributed by atoms with Crippen molar-refractivity contribution in [2.24, 2.45) is 11.8 Å². The molecule has 0 spiro atoms. The van der Waals surface area contributed by atoms with Crippen LogP contribution < -0.4 is 0 Å². The molecule has 206 valence electrons. The average Bonchev–Trinajstić information content (AvgIpc) is 2.98. The Kier molecular flexibility index (Phi) is 9.72. The van der Waals surface area contributed by atoms with Gasteiger partial charge in [0, 0.05) is 5.56 Å². The minimum atomic E-state index is -0.0885. The first-order valence-electron chi connectivity index (χ1n) is 15.7. The molecule has 5 rings (SSSR count). The molecule has 0 unspecified atom stereocenters. The van der Waals surface area contributed by atoms with Gasteiger partial charge in [-0.3, -0.25) is 0 Å². The van der Waals surface area contributed by atoms with Gasteiger partial charge in [-0.15, -0.1) is 0 Å². The monoisotopic (exact) mass is 522 g/mol. The summed E-state index contributed by atoms with van der Waals surface area (Å²) in [4.78, 5) is 0. The van der Waals surface area contributed by atoms with Gasteiger partial charge in [-0.25, -0.2) is 4.39 Å². The van der Waals surface area contributed by atoms with Crippen molar-refractivity contribution in [3.8, 4) is 0 Å². The van der Waals surface area contributed by atoms with Crippen molar-refractivity contribution in [2.75, 3.05) is 0 Å². The molecule has 0 nitrogen and oxygen atoms in total. The lowest BCUT2D eigenvalue weighted by molar-refractivity contribution is 0.297. The van der Waals surface area contributed by atoms with E-state index in [-0.39, 0.29) is 5.82 Å². The smallest absolute Gasteiger partial charge is 0.130 e. The first kappa shape index (κ1) is 27.9. The molecule has 3 aromatic carbocycles. The lowest BCUT2D eigenvalue weighted by atomic mass is 9.75. The molecule has 1 heteroatoms. The quantitative estimate of drug-likeness (QED) is 0.245. The van der Waals surface area contributed by atoms with Crippen LogP contribution in [0.2, 0.25) is 0 Å². The van der Waals surface area contributed by atoms with Gasteiger partial charge in [-0.1, -0.05) is 106 Å². The summed E-state index contributed by atoms with van der Waals surface area (Å²) in [6.07, 6.45) is 18.2. The highest BCUT2D eigenvalue weighted by atomic mass is 19.1. The topological polar surface area (TPSA) is 0 Å². The third-order valence-electron chi connectivity index (χ3n) is 9.81. The fraction of sp³-hybridized carbons (Fsp3) is 0.474. The summed E-state index contributed by atoms with van der Waals surface area (Å²) in [6.45, 7) is 4.66. The fourth-order valence-electron chi connectivity index (χ4n) is 7.34. The van der Waals surface area contributed by atoms with Crippen molar-refractivity contribution in [3.63, 3.8) is 0 Å². The second-order valence-corrected chi connectivity index (χ2v) is 12.6. The zero-order chi connectivity index (χ0) is 27.0. The lowest BCUT2D eigenvalue weighted by Crippen LogP contribution is -2.15. The Morgan fingerprint density at radius 3 is 1.97 bits per heavy atom. The zero-order valence-electron chi connectivity index (χ0n) is 24.1. The van der Waals surface area contributed by atoms with E-state index in [0.717, 1.165) is 17.4 Å². The van der Waals surface area contributed by atoms with Crippen molar-refractivity contribution in [3.05, 3.63) is 106 Å². The minimum absolute atomic E-state index is 0.0885. The van der Waals surface area contributed by atoms with Crippen LogP contribution in [0, 0.1) is 17.7 Å². The first-order valence-corrected chi connectivity index (χ1v) is 15.7. The summed E-state index contributed by atoms with van der Waals surface area (Å²) in [5.74, 6) is 3.48. The van der Waals surface area contributed by atoms with E-state index in [2.05, 4.69) is 80.6 Å². The molecule has 2 aliphatic rings. The summed E-state index contributed by atoms with van der Waals surface area (Å²) in [5.41, 5.74) is 5.95. The Labute approximate surface area is 236 Å². The second-order valence-electron chi connectivity index (χ2n) is 12.6. The number of hydrogen-bond acceptors (Lipinski definition) is 0. The van der Waals surface area contributed by atoms with Crippen molar-refractivity contribution in [1.29, 1.82) is 0 Å². The van der Waals surface area contributed by atoms with Crippen LogP contribution in [0.1, 0.15) is 130 Å².